The van der Waals surface area contributed by atoms with E-state index < -0.39 is 11.9 Å². The molecule has 2 aromatic rings. The van der Waals surface area contributed by atoms with Gasteiger partial charge in [0.2, 0.25) is 0 Å². The molecule has 26 heavy (non-hydrogen) atoms. The molecule has 0 saturated heterocycles. The van der Waals surface area contributed by atoms with E-state index in [1.54, 1.807) is 11.3 Å². The van der Waals surface area contributed by atoms with Crippen LogP contribution >= 0.6 is 11.3 Å². The number of hydrogen-bond donors (Lipinski definition) is 1. The first-order chi connectivity index (χ1) is 12.2. The van der Waals surface area contributed by atoms with Gasteiger partial charge in [0, 0.05) is 27.4 Å². The van der Waals surface area contributed by atoms with Gasteiger partial charge < -0.3 is 10.1 Å². The predicted octanol–water partition coefficient (Wildman–Crippen LogP) is 4.13. The number of rotatable bonds is 7. The highest BCUT2D eigenvalue weighted by atomic mass is 32.1. The summed E-state index contributed by atoms with van der Waals surface area (Å²) >= 11 is 1.56. The molecule has 2 rings (SSSR count). The normalized spacial score (nSPS) is 10.5. The first kappa shape index (κ1) is 19.8. The number of amides is 1. The van der Waals surface area contributed by atoms with Crippen LogP contribution in [0.2, 0.25) is 0 Å². The number of ether oxygens (including phenoxy) is 1. The van der Waals surface area contributed by atoms with Crippen LogP contribution in [-0.4, -0.2) is 24.3 Å². The Bertz CT molecular complexity index is 818. The molecule has 0 radical (unpaired) electrons. The Morgan fingerprint density at radius 2 is 1.62 bits per heavy atom. The van der Waals surface area contributed by atoms with Gasteiger partial charge in [-0.2, -0.15) is 0 Å². The van der Waals surface area contributed by atoms with Crippen LogP contribution in [0.3, 0.4) is 0 Å². The van der Waals surface area contributed by atoms with E-state index in [-0.39, 0.29) is 25.2 Å². The molecule has 1 amide bonds. The maximum absolute atomic E-state index is 12.1. The van der Waals surface area contributed by atoms with Crippen LogP contribution < -0.4 is 5.32 Å². The molecule has 0 aliphatic rings. The molecule has 1 heterocycles. The Morgan fingerprint density at radius 3 is 2.19 bits per heavy atom. The van der Waals surface area contributed by atoms with Crippen molar-refractivity contribution in [3.8, 4) is 0 Å². The minimum absolute atomic E-state index is 0.0377. The fourth-order valence-electron chi connectivity index (χ4n) is 2.72. The predicted molar refractivity (Wildman–Crippen MR) is 103 cm³/mol. The Hall–Kier alpha value is -2.47. The SMILES string of the molecule is Cc1cc(C)cc(NC(=O)COC(=O)CCC(=O)c2cc(C)sc2C)c1. The lowest BCUT2D eigenvalue weighted by Gasteiger charge is -2.08. The van der Waals surface area contributed by atoms with Crippen molar-refractivity contribution in [1.29, 1.82) is 0 Å². The molecule has 1 aromatic carbocycles. The maximum atomic E-state index is 12.1. The van der Waals surface area contributed by atoms with Crippen molar-refractivity contribution in [3.63, 3.8) is 0 Å². The van der Waals surface area contributed by atoms with E-state index in [2.05, 4.69) is 5.32 Å². The average Bonchev–Trinajstić information content (AvgIpc) is 2.88. The standard InChI is InChI=1S/C20H23NO4S/c1-12-7-13(2)9-16(8-12)21-19(23)11-25-20(24)6-5-18(22)17-10-14(3)26-15(17)4/h7-10H,5-6,11H2,1-4H3,(H,21,23). The molecule has 6 heteroatoms. The maximum Gasteiger partial charge on any atom is 0.306 e. The molecule has 0 bridgehead atoms. The summed E-state index contributed by atoms with van der Waals surface area (Å²) in [4.78, 5) is 37.8. The van der Waals surface area contributed by atoms with Crippen molar-refractivity contribution in [2.75, 3.05) is 11.9 Å². The Kier molecular flexibility index (Phi) is 6.69. The summed E-state index contributed by atoms with van der Waals surface area (Å²) in [6, 6.07) is 7.53. The molecule has 0 atom stereocenters. The van der Waals surface area contributed by atoms with E-state index in [0.29, 0.717) is 11.3 Å². The number of carbonyl (C=O) groups excluding carboxylic acids is 3. The molecule has 0 aliphatic carbocycles. The van der Waals surface area contributed by atoms with Crippen molar-refractivity contribution < 1.29 is 19.1 Å². The van der Waals surface area contributed by atoms with Crippen LogP contribution in [0.15, 0.2) is 24.3 Å². The van der Waals surface area contributed by atoms with Gasteiger partial charge in [0.05, 0.1) is 6.42 Å². The number of nitrogens with one attached hydrogen (secondary N) is 1. The van der Waals surface area contributed by atoms with E-state index in [9.17, 15) is 14.4 Å². The zero-order valence-electron chi connectivity index (χ0n) is 15.5. The highest BCUT2D eigenvalue weighted by molar-refractivity contribution is 7.12. The summed E-state index contributed by atoms with van der Waals surface area (Å²) in [5.41, 5.74) is 3.40. The fraction of sp³-hybridized carbons (Fsp3) is 0.350. The lowest BCUT2D eigenvalue weighted by atomic mass is 10.1. The van der Waals surface area contributed by atoms with Gasteiger partial charge in [0.1, 0.15) is 0 Å². The average molecular weight is 373 g/mol. The van der Waals surface area contributed by atoms with Crippen molar-refractivity contribution in [2.24, 2.45) is 0 Å². The van der Waals surface area contributed by atoms with E-state index in [1.807, 2.05) is 52.0 Å². The smallest absolute Gasteiger partial charge is 0.306 e. The molecule has 0 spiro atoms. The van der Waals surface area contributed by atoms with E-state index >= 15 is 0 Å². The molecule has 138 valence electrons. The molecule has 0 aliphatic heterocycles. The molecule has 1 N–H and O–H groups in total. The second-order valence-electron chi connectivity index (χ2n) is 6.34. The number of esters is 1. The molecular weight excluding hydrogens is 350 g/mol. The summed E-state index contributed by atoms with van der Waals surface area (Å²) in [6.07, 6.45) is 0.0402. The van der Waals surface area contributed by atoms with Crippen LogP contribution in [0.25, 0.3) is 0 Å². The van der Waals surface area contributed by atoms with Gasteiger partial charge in [0.25, 0.3) is 5.91 Å². The van der Waals surface area contributed by atoms with Gasteiger partial charge in [-0.05, 0) is 57.0 Å². The van der Waals surface area contributed by atoms with Gasteiger partial charge in [-0.25, -0.2) is 0 Å². The van der Waals surface area contributed by atoms with Crippen LogP contribution in [0, 0.1) is 27.7 Å². The number of hydrogen-bond acceptors (Lipinski definition) is 5. The molecule has 5 nitrogen and oxygen atoms in total. The van der Waals surface area contributed by atoms with Crippen LogP contribution in [0.5, 0.6) is 0 Å². The number of anilines is 1. The molecule has 0 saturated carbocycles. The lowest BCUT2D eigenvalue weighted by molar-refractivity contribution is -0.147. The highest BCUT2D eigenvalue weighted by Gasteiger charge is 2.15. The number of benzene rings is 1. The van der Waals surface area contributed by atoms with Crippen molar-refractivity contribution in [2.45, 2.75) is 40.5 Å². The Morgan fingerprint density at radius 1 is 0.962 bits per heavy atom. The Balaban J connectivity index is 1.76. The third kappa shape index (κ3) is 5.81. The third-order valence-corrected chi connectivity index (χ3v) is 4.73. The van der Waals surface area contributed by atoms with Gasteiger partial charge in [-0.1, -0.05) is 6.07 Å². The summed E-state index contributed by atoms with van der Waals surface area (Å²) in [6.45, 7) is 7.35. The van der Waals surface area contributed by atoms with Gasteiger partial charge >= 0.3 is 5.97 Å². The molecule has 1 aromatic heterocycles. The quantitative estimate of drug-likeness (QED) is 0.585. The van der Waals surface area contributed by atoms with Crippen molar-refractivity contribution in [1.82, 2.24) is 0 Å². The number of carbonyl (C=O) groups is 3. The van der Waals surface area contributed by atoms with Crippen molar-refractivity contribution >= 4 is 34.7 Å². The lowest BCUT2D eigenvalue weighted by Crippen LogP contribution is -2.21. The minimum Gasteiger partial charge on any atom is -0.456 e. The van der Waals surface area contributed by atoms with Crippen LogP contribution in [0.4, 0.5) is 5.69 Å². The van der Waals surface area contributed by atoms with E-state index in [4.69, 9.17) is 4.74 Å². The fourth-order valence-corrected chi connectivity index (χ4v) is 3.66. The zero-order chi connectivity index (χ0) is 19.3. The minimum atomic E-state index is -0.557. The first-order valence-electron chi connectivity index (χ1n) is 8.38. The number of thiophene rings is 1. The summed E-state index contributed by atoms with van der Waals surface area (Å²) in [5.74, 6) is -1.04. The Labute approximate surface area is 157 Å². The van der Waals surface area contributed by atoms with E-state index in [1.165, 1.54) is 0 Å². The van der Waals surface area contributed by atoms with Gasteiger partial charge in [0.15, 0.2) is 12.4 Å². The van der Waals surface area contributed by atoms with Gasteiger partial charge in [-0.3, -0.25) is 14.4 Å². The molecule has 0 fully saturated rings. The first-order valence-corrected chi connectivity index (χ1v) is 9.20. The highest BCUT2D eigenvalue weighted by Crippen LogP contribution is 2.22. The largest absolute Gasteiger partial charge is 0.456 e. The van der Waals surface area contributed by atoms with Crippen LogP contribution in [-0.2, 0) is 14.3 Å². The topological polar surface area (TPSA) is 72.5 Å². The zero-order valence-corrected chi connectivity index (χ0v) is 16.3. The number of aryl methyl sites for hydroxylation is 4. The summed E-state index contributed by atoms with van der Waals surface area (Å²) < 4.78 is 4.96. The second kappa shape index (κ2) is 8.76. The second-order valence-corrected chi connectivity index (χ2v) is 7.80. The van der Waals surface area contributed by atoms with Crippen LogP contribution in [0.1, 0.15) is 44.1 Å². The third-order valence-electron chi connectivity index (χ3n) is 3.77. The van der Waals surface area contributed by atoms with Crippen molar-refractivity contribution in [3.05, 3.63) is 50.7 Å². The van der Waals surface area contributed by atoms with E-state index in [0.717, 1.165) is 20.9 Å². The number of ketones is 1. The number of Topliss-reactive ketones (excluding diaryl/α,β-unsaturated/α-hetero) is 1. The molecule has 0 unspecified atom stereocenters. The monoisotopic (exact) mass is 373 g/mol. The molecular formula is C20H23NO4S. The van der Waals surface area contributed by atoms with Gasteiger partial charge in [-0.15, -0.1) is 11.3 Å². The summed E-state index contributed by atoms with van der Waals surface area (Å²) in [7, 11) is 0. The summed E-state index contributed by atoms with van der Waals surface area (Å²) in [5, 5.41) is 2.70.